The van der Waals surface area contributed by atoms with E-state index >= 15 is 0 Å². The van der Waals surface area contributed by atoms with E-state index in [1.807, 2.05) is 24.3 Å². The fourth-order valence-electron chi connectivity index (χ4n) is 3.58. The number of hydrogen-bond donors (Lipinski definition) is 1. The molecule has 1 aliphatic heterocycles. The lowest BCUT2D eigenvalue weighted by Gasteiger charge is -2.22. The zero-order chi connectivity index (χ0) is 21.2. The van der Waals surface area contributed by atoms with Crippen LogP contribution in [-0.4, -0.2) is 62.9 Å². The van der Waals surface area contributed by atoms with E-state index in [-0.39, 0.29) is 24.0 Å². The number of rotatable bonds is 9. The topological polar surface area (TPSA) is 68.2 Å². The van der Waals surface area contributed by atoms with E-state index in [4.69, 9.17) is 19.2 Å². The molecule has 1 unspecified atom stereocenters. The van der Waals surface area contributed by atoms with Crippen molar-refractivity contribution in [2.45, 2.75) is 25.8 Å². The van der Waals surface area contributed by atoms with Gasteiger partial charge >= 0.3 is 0 Å². The summed E-state index contributed by atoms with van der Waals surface area (Å²) in [5.41, 5.74) is 2.31. The first-order chi connectivity index (χ1) is 14.7. The summed E-state index contributed by atoms with van der Waals surface area (Å²) in [7, 11) is 3.35. The molecule has 1 aromatic carbocycles. The van der Waals surface area contributed by atoms with Crippen molar-refractivity contribution in [3.05, 3.63) is 53.7 Å². The monoisotopic (exact) mass is 540 g/mol. The van der Waals surface area contributed by atoms with Crippen molar-refractivity contribution in [1.29, 1.82) is 0 Å². The summed E-state index contributed by atoms with van der Waals surface area (Å²) >= 11 is 0. The van der Waals surface area contributed by atoms with Gasteiger partial charge in [-0.25, -0.2) is 9.98 Å². The van der Waals surface area contributed by atoms with Crippen LogP contribution in [0.15, 0.2) is 47.6 Å². The highest BCUT2D eigenvalue weighted by atomic mass is 127. The maximum Gasteiger partial charge on any atom is 0.218 e. The molecule has 0 aliphatic carbocycles. The van der Waals surface area contributed by atoms with Crippen molar-refractivity contribution in [2.75, 3.05) is 47.1 Å². The quantitative estimate of drug-likeness (QED) is 0.227. The molecular weight excluding hydrogens is 507 g/mol. The third-order valence-electron chi connectivity index (χ3n) is 5.19. The van der Waals surface area contributed by atoms with Crippen LogP contribution in [0, 0.1) is 0 Å². The van der Waals surface area contributed by atoms with E-state index in [0.717, 1.165) is 43.3 Å². The van der Waals surface area contributed by atoms with Crippen LogP contribution < -0.4 is 14.8 Å². The Kier molecular flexibility index (Phi) is 10.9. The summed E-state index contributed by atoms with van der Waals surface area (Å²) in [5, 5.41) is 3.43. The van der Waals surface area contributed by atoms with Crippen LogP contribution in [0.25, 0.3) is 0 Å². The van der Waals surface area contributed by atoms with E-state index in [1.54, 1.807) is 20.4 Å². The number of halogens is 1. The summed E-state index contributed by atoms with van der Waals surface area (Å²) < 4.78 is 16.1. The Bertz CT molecular complexity index is 817. The van der Waals surface area contributed by atoms with Crippen LogP contribution in [0.4, 0.5) is 0 Å². The van der Waals surface area contributed by atoms with Gasteiger partial charge in [-0.3, -0.25) is 0 Å². The smallest absolute Gasteiger partial charge is 0.218 e. The van der Waals surface area contributed by atoms with E-state index < -0.39 is 0 Å². The molecule has 1 aromatic heterocycles. The van der Waals surface area contributed by atoms with Gasteiger partial charge in [0.05, 0.1) is 20.3 Å². The van der Waals surface area contributed by atoms with Crippen molar-refractivity contribution in [2.24, 2.45) is 4.99 Å². The van der Waals surface area contributed by atoms with Crippen molar-refractivity contribution in [1.82, 2.24) is 15.2 Å². The maximum absolute atomic E-state index is 5.74. The zero-order valence-electron chi connectivity index (χ0n) is 18.5. The van der Waals surface area contributed by atoms with Gasteiger partial charge in [-0.1, -0.05) is 18.2 Å². The molecule has 2 aromatic rings. The van der Waals surface area contributed by atoms with Gasteiger partial charge < -0.3 is 24.4 Å². The highest BCUT2D eigenvalue weighted by molar-refractivity contribution is 14.0. The van der Waals surface area contributed by atoms with Crippen LogP contribution in [-0.2, 0) is 11.3 Å². The Morgan fingerprint density at radius 3 is 2.71 bits per heavy atom. The highest BCUT2D eigenvalue weighted by Gasteiger charge is 2.26. The van der Waals surface area contributed by atoms with Crippen LogP contribution >= 0.6 is 24.0 Å². The average molecular weight is 540 g/mol. The molecule has 3 rings (SSSR count). The molecule has 1 atom stereocenters. The number of methoxy groups -OCH3 is 2. The second-order valence-electron chi connectivity index (χ2n) is 7.18. The third kappa shape index (κ3) is 7.24. The van der Waals surface area contributed by atoms with Crippen molar-refractivity contribution in [3.63, 3.8) is 0 Å². The Labute approximate surface area is 202 Å². The predicted octanol–water partition coefficient (Wildman–Crippen LogP) is 3.69. The number of ether oxygens (including phenoxy) is 3. The van der Waals surface area contributed by atoms with Gasteiger partial charge in [0.25, 0.3) is 0 Å². The summed E-state index contributed by atoms with van der Waals surface area (Å²) in [5.74, 6) is 2.93. The second kappa shape index (κ2) is 13.4. The van der Waals surface area contributed by atoms with Gasteiger partial charge in [-0.05, 0) is 37.1 Å². The number of aliphatic imine (C=N–C) groups is 1. The van der Waals surface area contributed by atoms with Gasteiger partial charge in [0.15, 0.2) is 5.96 Å². The minimum absolute atomic E-state index is 0. The lowest BCUT2D eigenvalue weighted by molar-refractivity contribution is 0.143. The van der Waals surface area contributed by atoms with Gasteiger partial charge in [0.2, 0.25) is 5.88 Å². The number of nitrogens with zero attached hydrogens (tertiary/aromatic N) is 3. The molecule has 0 amide bonds. The number of hydrogen-bond acceptors (Lipinski definition) is 5. The van der Waals surface area contributed by atoms with Crippen molar-refractivity contribution < 1.29 is 14.2 Å². The number of likely N-dealkylation sites (tertiary alicyclic amines) is 1. The standard InChI is InChI=1S/C23H32N4O3.HI/c1-4-24-23(26-16-19-6-5-12-25-22(19)30-15-14-28-2)27-13-11-20(17-27)18-7-9-21(29-3)10-8-18;/h5-10,12,20H,4,11,13-17H2,1-3H3,(H,24,26);1H. The summed E-state index contributed by atoms with van der Waals surface area (Å²) in [6.07, 6.45) is 2.84. The number of guanidine groups is 1. The molecule has 7 nitrogen and oxygen atoms in total. The van der Waals surface area contributed by atoms with Gasteiger partial charge in [-0.15, -0.1) is 24.0 Å². The largest absolute Gasteiger partial charge is 0.497 e. The second-order valence-corrected chi connectivity index (χ2v) is 7.18. The summed E-state index contributed by atoms with van der Waals surface area (Å²) in [4.78, 5) is 11.6. The van der Waals surface area contributed by atoms with Crippen molar-refractivity contribution >= 4 is 29.9 Å². The molecule has 170 valence electrons. The summed E-state index contributed by atoms with van der Waals surface area (Å²) in [6, 6.07) is 12.3. The van der Waals surface area contributed by atoms with Gasteiger partial charge in [-0.2, -0.15) is 0 Å². The molecule has 0 spiro atoms. The number of benzene rings is 1. The first-order valence-corrected chi connectivity index (χ1v) is 10.5. The Balaban J connectivity index is 0.00000341. The summed E-state index contributed by atoms with van der Waals surface area (Å²) in [6.45, 7) is 6.36. The van der Waals surface area contributed by atoms with Crippen LogP contribution in [0.2, 0.25) is 0 Å². The maximum atomic E-state index is 5.74. The predicted molar refractivity (Wildman–Crippen MR) is 134 cm³/mol. The molecule has 31 heavy (non-hydrogen) atoms. The van der Waals surface area contributed by atoms with Gasteiger partial charge in [0, 0.05) is 44.4 Å². The molecule has 0 saturated carbocycles. The first kappa shape index (κ1) is 25.2. The van der Waals surface area contributed by atoms with Crippen LogP contribution in [0.1, 0.15) is 30.4 Å². The Morgan fingerprint density at radius 1 is 1.19 bits per heavy atom. The fourth-order valence-corrected chi connectivity index (χ4v) is 3.58. The molecule has 1 saturated heterocycles. The lowest BCUT2D eigenvalue weighted by Crippen LogP contribution is -2.40. The van der Waals surface area contributed by atoms with Gasteiger partial charge in [0.1, 0.15) is 12.4 Å². The van der Waals surface area contributed by atoms with E-state index in [0.29, 0.717) is 31.6 Å². The first-order valence-electron chi connectivity index (χ1n) is 10.5. The average Bonchev–Trinajstić information content (AvgIpc) is 3.28. The molecule has 0 bridgehead atoms. The van der Waals surface area contributed by atoms with Crippen LogP contribution in [0.3, 0.4) is 0 Å². The highest BCUT2D eigenvalue weighted by Crippen LogP contribution is 2.28. The molecule has 1 fully saturated rings. The number of nitrogens with one attached hydrogen (secondary N) is 1. The zero-order valence-corrected chi connectivity index (χ0v) is 20.9. The molecule has 1 aliphatic rings. The molecular formula is C23H33IN4O3. The normalized spacial score (nSPS) is 16.0. The van der Waals surface area contributed by atoms with E-state index in [2.05, 4.69) is 34.3 Å². The lowest BCUT2D eigenvalue weighted by atomic mass is 9.98. The minimum Gasteiger partial charge on any atom is -0.497 e. The molecule has 0 radical (unpaired) electrons. The number of aromatic nitrogens is 1. The minimum atomic E-state index is 0. The van der Waals surface area contributed by atoms with Crippen molar-refractivity contribution in [3.8, 4) is 11.6 Å². The fraction of sp³-hybridized carbons (Fsp3) is 0.478. The van der Waals surface area contributed by atoms with Crippen LogP contribution in [0.5, 0.6) is 11.6 Å². The third-order valence-corrected chi connectivity index (χ3v) is 5.19. The molecule has 2 heterocycles. The SMILES string of the molecule is CCNC(=NCc1cccnc1OCCOC)N1CCC(c2ccc(OC)cc2)C1.I. The Hall–Kier alpha value is -2.07. The Morgan fingerprint density at radius 2 is 2.00 bits per heavy atom. The van der Waals surface area contributed by atoms with E-state index in [1.165, 1.54) is 5.56 Å². The molecule has 1 N–H and O–H groups in total. The molecule has 8 heteroatoms. The van der Waals surface area contributed by atoms with E-state index in [9.17, 15) is 0 Å². The number of pyridine rings is 1.